The van der Waals surface area contributed by atoms with Crippen LogP contribution in [0.2, 0.25) is 0 Å². The van der Waals surface area contributed by atoms with Gasteiger partial charge in [-0.1, -0.05) is 170 Å². The summed E-state index contributed by atoms with van der Waals surface area (Å²) in [5, 5.41) is 4.42. The second kappa shape index (κ2) is 12.7. The summed E-state index contributed by atoms with van der Waals surface area (Å²) in [6.07, 6.45) is 3.45. The van der Waals surface area contributed by atoms with Gasteiger partial charge in [0, 0.05) is 43.0 Å². The Kier molecular flexibility index (Phi) is 8.16. The maximum Gasteiger partial charge on any atom is 0.171 e. The fourth-order valence-corrected chi connectivity index (χ4v) is 11.7. The number of hydrogen-bond acceptors (Lipinski definition) is 4. The molecule has 6 heteroatoms. The molecule has 0 bridgehead atoms. The van der Waals surface area contributed by atoms with E-state index in [1.807, 2.05) is 170 Å². The highest BCUT2D eigenvalue weighted by Crippen LogP contribution is 2.46. The first kappa shape index (κ1) is 29.6. The molecule has 0 N–H and O–H groups in total. The fraction of sp³-hybridized carbons (Fsp3) is 0. The molecule has 0 aliphatic carbocycles. The molecule has 0 saturated carbocycles. The predicted molar refractivity (Wildman–Crippen MR) is 192 cm³/mol. The van der Waals surface area contributed by atoms with Crippen LogP contribution >= 0.6 is 14.3 Å². The molecular weight excluding hydrogens is 602 g/mol. The van der Waals surface area contributed by atoms with E-state index in [1.165, 1.54) is 0 Å². The van der Waals surface area contributed by atoms with Crippen LogP contribution in [0.4, 0.5) is 0 Å². The summed E-state index contributed by atoms with van der Waals surface area (Å²) >= 11 is 0. The van der Waals surface area contributed by atoms with Crippen LogP contribution < -0.4 is 31.8 Å². The van der Waals surface area contributed by atoms with E-state index >= 15 is 9.13 Å². The number of hydrogen-bond donors (Lipinski definition) is 0. The molecule has 0 unspecified atom stereocenters. The minimum absolute atomic E-state index is 0.609. The first-order valence-electron chi connectivity index (χ1n) is 15.0. The molecule has 0 atom stereocenters. The van der Waals surface area contributed by atoms with E-state index in [4.69, 9.17) is 9.97 Å². The zero-order valence-corrected chi connectivity index (χ0v) is 26.7. The van der Waals surface area contributed by atoms with Gasteiger partial charge in [0.15, 0.2) is 14.3 Å². The van der Waals surface area contributed by atoms with E-state index in [0.29, 0.717) is 22.0 Å². The second-order valence-corrected chi connectivity index (χ2v) is 16.3. The number of nitrogens with zero attached hydrogens (tertiary/aromatic N) is 2. The van der Waals surface area contributed by atoms with Gasteiger partial charge < -0.3 is 9.13 Å². The Morgan fingerprint density at radius 1 is 0.326 bits per heavy atom. The summed E-state index contributed by atoms with van der Waals surface area (Å²) in [6, 6.07) is 53.9. The molecule has 46 heavy (non-hydrogen) atoms. The first-order chi connectivity index (χ1) is 22.6. The lowest BCUT2D eigenvalue weighted by molar-refractivity contribution is 0.591. The Balaban J connectivity index is 1.36. The average Bonchev–Trinajstić information content (AvgIpc) is 3.15. The summed E-state index contributed by atoms with van der Waals surface area (Å²) in [6.45, 7) is 0. The molecule has 1 heterocycles. The molecule has 7 rings (SSSR count). The third-order valence-electron chi connectivity index (χ3n) is 8.17. The fourth-order valence-electron chi connectivity index (χ4n) is 5.94. The Morgan fingerprint density at radius 3 is 0.870 bits per heavy atom. The standard InChI is InChI=1S/C40H30N2O2P2/c43-45(31-17-5-1-6-18-31,32-19-7-2-8-20-32)39-27-15-13-25-35(39)37-29-42-38(30-41-37)36-26-14-16-28-40(36)46(44,33-21-9-3-10-22-33)34-23-11-4-12-24-34/h1-30H. The van der Waals surface area contributed by atoms with Crippen LogP contribution in [-0.4, -0.2) is 9.97 Å². The van der Waals surface area contributed by atoms with E-state index in [9.17, 15) is 0 Å². The summed E-state index contributed by atoms with van der Waals surface area (Å²) in [5.41, 5.74) is 2.73. The van der Waals surface area contributed by atoms with E-state index in [1.54, 1.807) is 12.4 Å². The van der Waals surface area contributed by atoms with E-state index in [2.05, 4.69) is 0 Å². The highest BCUT2D eigenvalue weighted by molar-refractivity contribution is 7.86. The van der Waals surface area contributed by atoms with Gasteiger partial charge in [-0.2, -0.15) is 0 Å². The van der Waals surface area contributed by atoms with E-state index in [-0.39, 0.29) is 0 Å². The monoisotopic (exact) mass is 632 g/mol. The van der Waals surface area contributed by atoms with Crippen molar-refractivity contribution >= 4 is 46.1 Å². The predicted octanol–water partition coefficient (Wildman–Crippen LogP) is 7.09. The number of benzene rings is 6. The molecule has 0 fully saturated rings. The summed E-state index contributed by atoms with van der Waals surface area (Å²) < 4.78 is 30.5. The van der Waals surface area contributed by atoms with Crippen LogP contribution in [0, 0.1) is 0 Å². The maximum absolute atomic E-state index is 15.2. The van der Waals surface area contributed by atoms with Crippen LogP contribution in [0.1, 0.15) is 0 Å². The Hall–Kier alpha value is -5.14. The molecule has 0 saturated heterocycles. The van der Waals surface area contributed by atoms with Gasteiger partial charge in [-0.3, -0.25) is 9.97 Å². The summed E-state index contributed by atoms with van der Waals surface area (Å²) in [7, 11) is -6.50. The number of aromatic nitrogens is 2. The zero-order chi connectivity index (χ0) is 31.4. The average molecular weight is 633 g/mol. The Morgan fingerprint density at radius 2 is 0.587 bits per heavy atom. The van der Waals surface area contributed by atoms with Gasteiger partial charge in [-0.15, -0.1) is 0 Å². The lowest BCUT2D eigenvalue weighted by Crippen LogP contribution is -2.26. The zero-order valence-electron chi connectivity index (χ0n) is 24.9. The van der Waals surface area contributed by atoms with Crippen molar-refractivity contribution in [3.05, 3.63) is 182 Å². The molecule has 7 aromatic rings. The molecule has 222 valence electrons. The van der Waals surface area contributed by atoms with Crippen LogP contribution in [0.15, 0.2) is 182 Å². The van der Waals surface area contributed by atoms with Crippen LogP contribution in [-0.2, 0) is 9.13 Å². The van der Waals surface area contributed by atoms with E-state index in [0.717, 1.165) is 32.3 Å². The van der Waals surface area contributed by atoms with Crippen molar-refractivity contribution in [2.75, 3.05) is 0 Å². The molecule has 0 amide bonds. The van der Waals surface area contributed by atoms with Gasteiger partial charge in [-0.25, -0.2) is 0 Å². The number of rotatable bonds is 8. The van der Waals surface area contributed by atoms with Gasteiger partial charge in [0.2, 0.25) is 0 Å². The van der Waals surface area contributed by atoms with Crippen molar-refractivity contribution in [3.63, 3.8) is 0 Å². The molecule has 6 aromatic carbocycles. The molecular formula is C40H30N2O2P2. The van der Waals surface area contributed by atoms with Gasteiger partial charge in [0.1, 0.15) is 0 Å². The molecule has 0 aliphatic heterocycles. The van der Waals surface area contributed by atoms with Gasteiger partial charge in [0.05, 0.1) is 23.8 Å². The third kappa shape index (κ3) is 5.26. The van der Waals surface area contributed by atoms with Crippen LogP contribution in [0.5, 0.6) is 0 Å². The summed E-state index contributed by atoms with van der Waals surface area (Å²) in [4.78, 5) is 9.76. The van der Waals surface area contributed by atoms with E-state index < -0.39 is 14.3 Å². The maximum atomic E-state index is 15.2. The van der Waals surface area contributed by atoms with Crippen molar-refractivity contribution in [3.8, 4) is 22.5 Å². The van der Waals surface area contributed by atoms with Crippen molar-refractivity contribution in [1.82, 2.24) is 9.97 Å². The molecule has 1 aromatic heterocycles. The van der Waals surface area contributed by atoms with Crippen molar-refractivity contribution < 1.29 is 9.13 Å². The van der Waals surface area contributed by atoms with Crippen molar-refractivity contribution in [2.45, 2.75) is 0 Å². The largest absolute Gasteiger partial charge is 0.309 e. The Labute approximate surface area is 269 Å². The quantitative estimate of drug-likeness (QED) is 0.168. The van der Waals surface area contributed by atoms with Crippen LogP contribution in [0.25, 0.3) is 22.5 Å². The smallest absolute Gasteiger partial charge is 0.171 e. The molecule has 0 spiro atoms. The topological polar surface area (TPSA) is 59.9 Å². The second-order valence-electron chi connectivity index (χ2n) is 10.9. The minimum Gasteiger partial charge on any atom is -0.309 e. The molecule has 0 radical (unpaired) electrons. The lowest BCUT2D eigenvalue weighted by atomic mass is 10.1. The van der Waals surface area contributed by atoms with Gasteiger partial charge >= 0.3 is 0 Å². The molecule has 4 nitrogen and oxygen atoms in total. The first-order valence-corrected chi connectivity index (χ1v) is 18.5. The normalized spacial score (nSPS) is 11.7. The highest BCUT2D eigenvalue weighted by atomic mass is 31.2. The SMILES string of the molecule is O=P(c1ccccc1)(c1ccccc1)c1ccccc1-c1cnc(-c2ccccc2P(=O)(c2ccccc2)c2ccccc2)cn1. The summed E-state index contributed by atoms with van der Waals surface area (Å²) in [5.74, 6) is 0. The minimum atomic E-state index is -3.25. The van der Waals surface area contributed by atoms with Gasteiger partial charge in [0.25, 0.3) is 0 Å². The van der Waals surface area contributed by atoms with Crippen molar-refractivity contribution in [1.29, 1.82) is 0 Å². The lowest BCUT2D eigenvalue weighted by Gasteiger charge is -2.23. The van der Waals surface area contributed by atoms with Crippen LogP contribution in [0.3, 0.4) is 0 Å². The Bertz CT molecular complexity index is 1940. The highest BCUT2D eigenvalue weighted by Gasteiger charge is 2.34. The van der Waals surface area contributed by atoms with Gasteiger partial charge in [-0.05, 0) is 0 Å². The third-order valence-corrected chi connectivity index (χ3v) is 14.4. The molecule has 0 aliphatic rings. The van der Waals surface area contributed by atoms with Crippen molar-refractivity contribution in [2.24, 2.45) is 0 Å².